The molecule has 1 heterocycles. The van der Waals surface area contributed by atoms with Crippen LogP contribution >= 0.6 is 8.35 Å². The Morgan fingerprint density at radius 3 is 2.25 bits per heavy atom. The maximum atomic E-state index is 4.17. The number of hydrogen-bond donors (Lipinski definition) is 0. The summed E-state index contributed by atoms with van der Waals surface area (Å²) >= 11 is 0. The Hall–Kier alpha value is -0.360. The van der Waals surface area contributed by atoms with E-state index >= 15 is 0 Å². The SMILES string of the molecule is Cc1nn(C)pc1C. The molecule has 0 amide bonds. The lowest BCUT2D eigenvalue weighted by atomic mass is 10.4. The highest BCUT2D eigenvalue weighted by atomic mass is 31.0. The molecule has 1 aromatic rings. The van der Waals surface area contributed by atoms with Crippen molar-refractivity contribution >= 4 is 8.35 Å². The monoisotopic (exact) mass is 128 g/mol. The minimum atomic E-state index is 1.16. The summed E-state index contributed by atoms with van der Waals surface area (Å²) in [6.07, 6.45) is 0. The quantitative estimate of drug-likeness (QED) is 0.519. The fourth-order valence-corrected chi connectivity index (χ4v) is 1.40. The summed E-state index contributed by atoms with van der Waals surface area (Å²) in [5.74, 6) is 0. The van der Waals surface area contributed by atoms with Gasteiger partial charge in [0.25, 0.3) is 0 Å². The summed E-state index contributed by atoms with van der Waals surface area (Å²) in [4.78, 5) is 0. The lowest BCUT2D eigenvalue weighted by molar-refractivity contribution is 0.823. The van der Waals surface area contributed by atoms with Crippen molar-refractivity contribution in [3.05, 3.63) is 11.0 Å². The van der Waals surface area contributed by atoms with Gasteiger partial charge < -0.3 is 0 Å². The van der Waals surface area contributed by atoms with Gasteiger partial charge in [0.2, 0.25) is 0 Å². The van der Waals surface area contributed by atoms with E-state index in [2.05, 4.69) is 12.0 Å². The summed E-state index contributed by atoms with van der Waals surface area (Å²) in [5.41, 5.74) is 1.16. The Kier molecular flexibility index (Phi) is 1.35. The van der Waals surface area contributed by atoms with Gasteiger partial charge >= 0.3 is 0 Å². The van der Waals surface area contributed by atoms with Gasteiger partial charge in [0.05, 0.1) is 5.69 Å². The molecule has 0 radical (unpaired) electrons. The molecule has 44 valence electrons. The van der Waals surface area contributed by atoms with Crippen LogP contribution in [0.3, 0.4) is 0 Å². The topological polar surface area (TPSA) is 17.8 Å². The predicted octanol–water partition coefficient (Wildman–Crippen LogP) is 1.62. The lowest BCUT2D eigenvalue weighted by Crippen LogP contribution is -1.83. The van der Waals surface area contributed by atoms with Crippen molar-refractivity contribution in [2.45, 2.75) is 13.8 Å². The number of nitrogens with zero attached hydrogens (tertiary/aromatic N) is 2. The zero-order chi connectivity index (χ0) is 6.15. The summed E-state index contributed by atoms with van der Waals surface area (Å²) in [6, 6.07) is 0. The van der Waals surface area contributed by atoms with Gasteiger partial charge in [-0.15, -0.1) is 0 Å². The second-order valence-electron chi connectivity index (χ2n) is 1.86. The van der Waals surface area contributed by atoms with Crippen LogP contribution < -0.4 is 0 Å². The van der Waals surface area contributed by atoms with Crippen molar-refractivity contribution in [3.8, 4) is 0 Å². The first-order valence-electron chi connectivity index (χ1n) is 2.54. The summed E-state index contributed by atoms with van der Waals surface area (Å²) in [5, 5.41) is 5.52. The Morgan fingerprint density at radius 1 is 1.50 bits per heavy atom. The Labute approximate surface area is 50.7 Å². The molecule has 0 saturated heterocycles. The predicted molar refractivity (Wildman–Crippen MR) is 35.2 cm³/mol. The fraction of sp³-hybridized carbons (Fsp3) is 0.600. The minimum absolute atomic E-state index is 1.16. The zero-order valence-corrected chi connectivity index (χ0v) is 6.24. The average molecular weight is 128 g/mol. The van der Waals surface area contributed by atoms with E-state index in [1.807, 2.05) is 18.4 Å². The van der Waals surface area contributed by atoms with Crippen LogP contribution in [0.4, 0.5) is 0 Å². The molecule has 0 aliphatic rings. The number of rotatable bonds is 0. The molecule has 0 atom stereocenters. The summed E-state index contributed by atoms with van der Waals surface area (Å²) in [6.45, 7) is 4.13. The van der Waals surface area contributed by atoms with Gasteiger partial charge in [-0.25, -0.2) is 4.44 Å². The van der Waals surface area contributed by atoms with Gasteiger partial charge in [-0.05, 0) is 13.8 Å². The van der Waals surface area contributed by atoms with E-state index in [-0.39, 0.29) is 0 Å². The first kappa shape index (κ1) is 5.77. The second kappa shape index (κ2) is 1.87. The fourth-order valence-electron chi connectivity index (χ4n) is 0.601. The van der Waals surface area contributed by atoms with Crippen LogP contribution in [0.15, 0.2) is 0 Å². The van der Waals surface area contributed by atoms with Crippen LogP contribution in [0.5, 0.6) is 0 Å². The van der Waals surface area contributed by atoms with E-state index in [1.165, 1.54) is 13.6 Å². The molecule has 0 unspecified atom stereocenters. The largest absolute Gasteiger partial charge is 0.250 e. The van der Waals surface area contributed by atoms with Gasteiger partial charge in [0.15, 0.2) is 0 Å². The highest BCUT2D eigenvalue weighted by Crippen LogP contribution is 2.13. The maximum absolute atomic E-state index is 4.17. The highest BCUT2D eigenvalue weighted by Gasteiger charge is 1.94. The van der Waals surface area contributed by atoms with Crippen LogP contribution in [-0.2, 0) is 7.05 Å². The van der Waals surface area contributed by atoms with Crippen LogP contribution in [0.25, 0.3) is 0 Å². The molecule has 8 heavy (non-hydrogen) atoms. The molecular weight excluding hydrogens is 119 g/mol. The van der Waals surface area contributed by atoms with Crippen LogP contribution in [0, 0.1) is 13.8 Å². The second-order valence-corrected chi connectivity index (χ2v) is 3.31. The van der Waals surface area contributed by atoms with Crippen LogP contribution in [-0.4, -0.2) is 9.54 Å². The molecule has 0 bridgehead atoms. The van der Waals surface area contributed by atoms with E-state index in [0.717, 1.165) is 5.69 Å². The van der Waals surface area contributed by atoms with Gasteiger partial charge in [-0.1, -0.05) is 0 Å². The minimum Gasteiger partial charge on any atom is -0.250 e. The van der Waals surface area contributed by atoms with Gasteiger partial charge in [0, 0.05) is 20.7 Å². The molecule has 1 rings (SSSR count). The molecule has 0 aliphatic heterocycles. The maximum Gasteiger partial charge on any atom is 0.0671 e. The Bertz CT molecular complexity index is 173. The molecule has 0 N–H and O–H groups in total. The summed E-state index contributed by atoms with van der Waals surface area (Å²) < 4.78 is 1.92. The van der Waals surface area contributed by atoms with Crippen LogP contribution in [0.2, 0.25) is 0 Å². The first-order chi connectivity index (χ1) is 3.70. The smallest absolute Gasteiger partial charge is 0.0671 e. The molecule has 0 saturated carbocycles. The third-order valence-electron chi connectivity index (χ3n) is 1.11. The number of aryl methyl sites for hydroxylation is 3. The van der Waals surface area contributed by atoms with E-state index in [0.29, 0.717) is 0 Å². The Morgan fingerprint density at radius 2 is 2.12 bits per heavy atom. The molecule has 3 heteroatoms. The van der Waals surface area contributed by atoms with E-state index < -0.39 is 0 Å². The molecule has 2 nitrogen and oxygen atoms in total. The molecule has 0 aliphatic carbocycles. The Balaban J connectivity index is 3.14. The van der Waals surface area contributed by atoms with Gasteiger partial charge in [-0.3, -0.25) is 0 Å². The average Bonchev–Trinajstić information content (AvgIpc) is 1.85. The van der Waals surface area contributed by atoms with Crippen molar-refractivity contribution in [2.24, 2.45) is 7.05 Å². The van der Waals surface area contributed by atoms with Gasteiger partial charge in [-0.2, -0.15) is 5.10 Å². The zero-order valence-electron chi connectivity index (χ0n) is 5.34. The third kappa shape index (κ3) is 0.896. The van der Waals surface area contributed by atoms with Crippen molar-refractivity contribution < 1.29 is 0 Å². The summed E-state index contributed by atoms with van der Waals surface area (Å²) in [7, 11) is 3.20. The van der Waals surface area contributed by atoms with Crippen molar-refractivity contribution in [2.75, 3.05) is 0 Å². The molecular formula is C5H9N2P. The molecule has 0 fully saturated rings. The molecule has 0 aromatic carbocycles. The van der Waals surface area contributed by atoms with E-state index in [9.17, 15) is 0 Å². The van der Waals surface area contributed by atoms with E-state index in [1.54, 1.807) is 0 Å². The molecule has 0 spiro atoms. The normalized spacial score (nSPS) is 10.9. The van der Waals surface area contributed by atoms with Gasteiger partial charge in [0.1, 0.15) is 0 Å². The standard InChI is InChI=1S/C5H9N2P/c1-4-5(2)8-7(3)6-4/h1-3H3. The lowest BCUT2D eigenvalue weighted by Gasteiger charge is -1.78. The number of hydrogen-bond acceptors (Lipinski definition) is 1. The first-order valence-corrected chi connectivity index (χ1v) is 3.39. The van der Waals surface area contributed by atoms with Crippen molar-refractivity contribution in [1.29, 1.82) is 0 Å². The molecule has 1 aromatic heterocycles. The number of aromatic nitrogens is 2. The van der Waals surface area contributed by atoms with Crippen LogP contribution in [0.1, 0.15) is 11.0 Å². The van der Waals surface area contributed by atoms with Crippen molar-refractivity contribution in [1.82, 2.24) is 9.54 Å². The van der Waals surface area contributed by atoms with Crippen molar-refractivity contribution in [3.63, 3.8) is 0 Å². The third-order valence-corrected chi connectivity index (χ3v) is 2.12. The highest BCUT2D eigenvalue weighted by molar-refractivity contribution is 7.26. The van der Waals surface area contributed by atoms with E-state index in [4.69, 9.17) is 0 Å².